The van der Waals surface area contributed by atoms with E-state index in [2.05, 4.69) is 5.10 Å². The fraction of sp³-hybridized carbons (Fsp3) is 0.700. The average Bonchev–Trinajstić information content (AvgIpc) is 2.81. The van der Waals surface area contributed by atoms with E-state index in [1.54, 1.807) is 7.05 Å². The van der Waals surface area contributed by atoms with Crippen LogP contribution in [0.3, 0.4) is 0 Å². The molecule has 1 N–H and O–H groups in total. The molecule has 1 aromatic heterocycles. The zero-order chi connectivity index (χ0) is 12.9. The van der Waals surface area contributed by atoms with Crippen molar-refractivity contribution in [1.82, 2.24) is 9.78 Å². The quantitative estimate of drug-likeness (QED) is 0.573. The van der Waals surface area contributed by atoms with Gasteiger partial charge in [0.1, 0.15) is 12.3 Å². The van der Waals surface area contributed by atoms with Gasteiger partial charge in [0, 0.05) is 26.6 Å². The van der Waals surface area contributed by atoms with Gasteiger partial charge >= 0.3 is 5.69 Å². The van der Waals surface area contributed by atoms with Gasteiger partial charge in [0.05, 0.1) is 17.1 Å². The van der Waals surface area contributed by atoms with Crippen molar-refractivity contribution in [2.75, 3.05) is 18.0 Å². The van der Waals surface area contributed by atoms with Crippen molar-refractivity contribution in [3.63, 3.8) is 0 Å². The SMILES string of the molecule is Cn1ncc([N+](=O)[O-])c1N1CC2CC(O)C(C1)O2. The number of aliphatic hydroxyl groups is 1. The maximum atomic E-state index is 11.0. The third-order valence-electron chi connectivity index (χ3n) is 3.51. The molecule has 0 amide bonds. The number of hydrogen-bond donors (Lipinski definition) is 1. The molecule has 0 radical (unpaired) electrons. The van der Waals surface area contributed by atoms with Gasteiger partial charge in [-0.1, -0.05) is 0 Å². The number of anilines is 1. The van der Waals surface area contributed by atoms with E-state index in [-0.39, 0.29) is 17.9 Å². The fourth-order valence-corrected chi connectivity index (χ4v) is 2.72. The standard InChI is InChI=1S/C10H14N4O4/c1-12-10(7(3-11-12)14(16)17)13-4-6-2-8(15)9(5-13)18-6/h3,6,8-9,15H,2,4-5H2,1H3. The largest absolute Gasteiger partial charge is 0.390 e. The number of nitro groups is 1. The maximum Gasteiger partial charge on any atom is 0.331 e. The lowest BCUT2D eigenvalue weighted by molar-refractivity contribution is -0.384. The number of fused-ring (bicyclic) bond motifs is 2. The first-order valence-electron chi connectivity index (χ1n) is 5.81. The summed E-state index contributed by atoms with van der Waals surface area (Å²) in [5.41, 5.74) is -0.00621. The smallest absolute Gasteiger partial charge is 0.331 e. The van der Waals surface area contributed by atoms with Crippen LogP contribution in [0.2, 0.25) is 0 Å². The Kier molecular flexibility index (Phi) is 2.49. The van der Waals surface area contributed by atoms with Crippen LogP contribution in [0.25, 0.3) is 0 Å². The van der Waals surface area contributed by atoms with E-state index in [9.17, 15) is 15.2 Å². The zero-order valence-corrected chi connectivity index (χ0v) is 9.89. The molecule has 2 aliphatic rings. The third-order valence-corrected chi connectivity index (χ3v) is 3.51. The van der Waals surface area contributed by atoms with Crippen molar-refractivity contribution in [1.29, 1.82) is 0 Å². The van der Waals surface area contributed by atoms with Crippen LogP contribution in [0.1, 0.15) is 6.42 Å². The van der Waals surface area contributed by atoms with Gasteiger partial charge in [-0.25, -0.2) is 4.68 Å². The van der Waals surface area contributed by atoms with Crippen LogP contribution < -0.4 is 4.90 Å². The van der Waals surface area contributed by atoms with E-state index in [0.29, 0.717) is 25.3 Å². The number of ether oxygens (including phenoxy) is 1. The van der Waals surface area contributed by atoms with Crippen LogP contribution in [0, 0.1) is 10.1 Å². The summed E-state index contributed by atoms with van der Waals surface area (Å²) in [6, 6.07) is 0. The van der Waals surface area contributed by atoms with E-state index < -0.39 is 11.0 Å². The summed E-state index contributed by atoms with van der Waals surface area (Å²) in [5, 5.41) is 24.7. The molecule has 0 aliphatic carbocycles. The number of aryl methyl sites for hydroxylation is 1. The monoisotopic (exact) mass is 254 g/mol. The summed E-state index contributed by atoms with van der Waals surface area (Å²) < 4.78 is 7.08. The van der Waals surface area contributed by atoms with Gasteiger partial charge in [-0.15, -0.1) is 0 Å². The Morgan fingerprint density at radius 1 is 1.61 bits per heavy atom. The second-order valence-corrected chi connectivity index (χ2v) is 4.74. The Labute approximate surface area is 103 Å². The molecule has 18 heavy (non-hydrogen) atoms. The molecule has 3 unspecified atom stereocenters. The molecule has 2 fully saturated rings. The molecule has 1 aromatic rings. The number of aromatic nitrogens is 2. The number of hydrogen-bond acceptors (Lipinski definition) is 6. The first-order valence-corrected chi connectivity index (χ1v) is 5.81. The van der Waals surface area contributed by atoms with Crippen molar-refractivity contribution >= 4 is 11.5 Å². The summed E-state index contributed by atoms with van der Waals surface area (Å²) in [6.45, 7) is 1.01. The van der Waals surface area contributed by atoms with Crippen LogP contribution in [0.5, 0.6) is 0 Å². The van der Waals surface area contributed by atoms with E-state index in [1.165, 1.54) is 10.9 Å². The molecule has 3 heterocycles. The number of aliphatic hydroxyl groups excluding tert-OH is 1. The molecule has 8 nitrogen and oxygen atoms in total. The van der Waals surface area contributed by atoms with E-state index in [0.717, 1.165) is 0 Å². The van der Waals surface area contributed by atoms with Crippen LogP contribution in [0.15, 0.2) is 6.20 Å². The lowest BCUT2D eigenvalue weighted by Gasteiger charge is -2.32. The number of nitrogens with zero attached hydrogens (tertiary/aromatic N) is 4. The maximum absolute atomic E-state index is 11.0. The Balaban J connectivity index is 1.92. The first-order chi connectivity index (χ1) is 8.56. The molecule has 8 heteroatoms. The van der Waals surface area contributed by atoms with Crippen LogP contribution >= 0.6 is 0 Å². The molecule has 2 aliphatic heterocycles. The zero-order valence-electron chi connectivity index (χ0n) is 9.89. The molecular formula is C10H14N4O4. The highest BCUT2D eigenvalue weighted by atomic mass is 16.6. The summed E-state index contributed by atoms with van der Waals surface area (Å²) in [7, 11) is 1.68. The van der Waals surface area contributed by atoms with Gasteiger partial charge in [-0.05, 0) is 0 Å². The predicted octanol–water partition coefficient (Wildman–Crippen LogP) is -0.333. The molecule has 0 spiro atoms. The molecule has 98 valence electrons. The minimum absolute atomic E-state index is 0.00621. The van der Waals surface area contributed by atoms with Crippen LogP contribution in [-0.4, -0.2) is 51.2 Å². The van der Waals surface area contributed by atoms with E-state index in [1.807, 2.05) is 4.90 Å². The van der Waals surface area contributed by atoms with Gasteiger partial charge < -0.3 is 14.7 Å². The minimum atomic E-state index is -0.479. The highest BCUT2D eigenvalue weighted by Gasteiger charge is 2.42. The van der Waals surface area contributed by atoms with Gasteiger partial charge in [-0.2, -0.15) is 5.10 Å². The second kappa shape index (κ2) is 3.92. The lowest BCUT2D eigenvalue weighted by Crippen LogP contribution is -2.45. The van der Waals surface area contributed by atoms with Crippen molar-refractivity contribution in [3.05, 3.63) is 16.3 Å². The van der Waals surface area contributed by atoms with Crippen molar-refractivity contribution in [2.24, 2.45) is 7.05 Å². The van der Waals surface area contributed by atoms with Crippen LogP contribution in [-0.2, 0) is 11.8 Å². The molecule has 2 bridgehead atoms. The fourth-order valence-electron chi connectivity index (χ4n) is 2.72. The van der Waals surface area contributed by atoms with Crippen LogP contribution in [0.4, 0.5) is 11.5 Å². The first kappa shape index (κ1) is 11.4. The topological polar surface area (TPSA) is 93.7 Å². The molecular weight excluding hydrogens is 240 g/mol. The highest BCUT2D eigenvalue weighted by molar-refractivity contribution is 5.58. The van der Waals surface area contributed by atoms with Gasteiger partial charge in [0.2, 0.25) is 5.82 Å². The summed E-state index contributed by atoms with van der Waals surface area (Å²) >= 11 is 0. The molecule has 2 saturated heterocycles. The molecule has 0 aromatic carbocycles. The van der Waals surface area contributed by atoms with Gasteiger partial charge in [0.25, 0.3) is 0 Å². The van der Waals surface area contributed by atoms with E-state index >= 15 is 0 Å². The van der Waals surface area contributed by atoms with Crippen molar-refractivity contribution < 1.29 is 14.8 Å². The number of rotatable bonds is 2. The molecule has 0 saturated carbocycles. The lowest BCUT2D eigenvalue weighted by atomic mass is 10.2. The van der Waals surface area contributed by atoms with E-state index in [4.69, 9.17) is 4.74 Å². The van der Waals surface area contributed by atoms with Crippen molar-refractivity contribution in [3.8, 4) is 0 Å². The summed E-state index contributed by atoms with van der Waals surface area (Å²) in [4.78, 5) is 12.4. The Morgan fingerprint density at radius 2 is 2.39 bits per heavy atom. The minimum Gasteiger partial charge on any atom is -0.390 e. The molecule has 3 atom stereocenters. The Hall–Kier alpha value is -1.67. The average molecular weight is 254 g/mol. The third kappa shape index (κ3) is 1.65. The number of morpholine rings is 1. The van der Waals surface area contributed by atoms with Gasteiger partial charge in [-0.3, -0.25) is 10.1 Å². The van der Waals surface area contributed by atoms with Gasteiger partial charge in [0.15, 0.2) is 0 Å². The predicted molar refractivity (Wildman–Crippen MR) is 61.4 cm³/mol. The highest BCUT2D eigenvalue weighted by Crippen LogP contribution is 2.34. The summed E-state index contributed by atoms with van der Waals surface area (Å²) in [6.07, 6.45) is 1.04. The Bertz CT molecular complexity index is 486. The van der Waals surface area contributed by atoms with Crippen molar-refractivity contribution in [2.45, 2.75) is 24.7 Å². The summed E-state index contributed by atoms with van der Waals surface area (Å²) in [5.74, 6) is 0.479. The molecule has 3 rings (SSSR count). The second-order valence-electron chi connectivity index (χ2n) is 4.74. The normalized spacial score (nSPS) is 30.8. The Morgan fingerprint density at radius 3 is 3.06 bits per heavy atom.